The Hall–Kier alpha value is -2.29. The Bertz CT molecular complexity index is 1110. The summed E-state index contributed by atoms with van der Waals surface area (Å²) in [6.45, 7) is 11.4. The summed E-state index contributed by atoms with van der Waals surface area (Å²) >= 11 is 5.67. The van der Waals surface area contributed by atoms with Crippen LogP contribution in [-0.4, -0.2) is 52.0 Å². The Morgan fingerprint density at radius 3 is 2.72 bits per heavy atom. The maximum atomic E-state index is 5.67. The molecule has 3 aromatic rings. The van der Waals surface area contributed by atoms with Crippen molar-refractivity contribution in [2.45, 2.75) is 33.5 Å². The first kappa shape index (κ1) is 18.7. The third kappa shape index (κ3) is 3.68. The van der Waals surface area contributed by atoms with Crippen LogP contribution in [0.1, 0.15) is 22.5 Å². The van der Waals surface area contributed by atoms with Crippen LogP contribution in [0.2, 0.25) is 0 Å². The van der Waals surface area contributed by atoms with Gasteiger partial charge in [-0.05, 0) is 55.9 Å². The highest BCUT2D eigenvalue weighted by molar-refractivity contribution is 7.71. The molecule has 0 unspecified atom stereocenters. The first-order valence-electron chi connectivity index (χ1n) is 10.4. The largest absolute Gasteiger partial charge is 0.493 e. The molecular formula is C21H28N6OS+2. The van der Waals surface area contributed by atoms with E-state index < -0.39 is 0 Å². The molecule has 0 bridgehead atoms. The van der Waals surface area contributed by atoms with Gasteiger partial charge in [-0.2, -0.15) is 4.68 Å². The van der Waals surface area contributed by atoms with Gasteiger partial charge in [0.1, 0.15) is 38.5 Å². The second kappa shape index (κ2) is 7.51. The number of nitrogens with one attached hydrogen (secondary N) is 2. The molecule has 0 atom stereocenters. The van der Waals surface area contributed by atoms with Gasteiger partial charge in [-0.1, -0.05) is 0 Å². The molecule has 0 amide bonds. The molecule has 0 radical (unpaired) electrons. The summed E-state index contributed by atoms with van der Waals surface area (Å²) in [5, 5.41) is 4.67. The fraction of sp³-hybridized carbons (Fsp3) is 0.476. The molecular weight excluding hydrogens is 384 g/mol. The zero-order valence-electron chi connectivity index (χ0n) is 17.1. The van der Waals surface area contributed by atoms with Gasteiger partial charge in [-0.15, -0.1) is 5.10 Å². The van der Waals surface area contributed by atoms with Crippen LogP contribution < -0.4 is 14.5 Å². The van der Waals surface area contributed by atoms with Crippen molar-refractivity contribution >= 4 is 18.0 Å². The summed E-state index contributed by atoms with van der Waals surface area (Å²) in [4.78, 5) is 7.72. The first-order chi connectivity index (χ1) is 14.1. The van der Waals surface area contributed by atoms with Crippen LogP contribution in [0.5, 0.6) is 5.75 Å². The molecule has 29 heavy (non-hydrogen) atoms. The lowest BCUT2D eigenvalue weighted by molar-refractivity contribution is -1.03. The summed E-state index contributed by atoms with van der Waals surface area (Å²) < 4.78 is 10.3. The minimum absolute atomic E-state index is 0.705. The van der Waals surface area contributed by atoms with E-state index in [0.29, 0.717) is 5.78 Å². The topological polar surface area (TPSA) is 53.2 Å². The summed E-state index contributed by atoms with van der Waals surface area (Å²) in [6, 6.07) is 8.75. The molecule has 2 aliphatic rings. The van der Waals surface area contributed by atoms with Gasteiger partial charge < -0.3 is 14.5 Å². The van der Waals surface area contributed by atoms with E-state index in [1.165, 1.54) is 29.1 Å². The van der Waals surface area contributed by atoms with Crippen molar-refractivity contribution in [1.29, 1.82) is 0 Å². The number of piperazine rings is 1. The van der Waals surface area contributed by atoms with Gasteiger partial charge >= 0.3 is 0 Å². The van der Waals surface area contributed by atoms with Crippen molar-refractivity contribution in [1.82, 2.24) is 19.2 Å². The van der Waals surface area contributed by atoms with Crippen molar-refractivity contribution in [3.63, 3.8) is 0 Å². The van der Waals surface area contributed by atoms with Crippen LogP contribution >= 0.6 is 12.2 Å². The van der Waals surface area contributed by atoms with E-state index in [1.807, 2.05) is 16.0 Å². The number of nitrogens with zero attached hydrogens (tertiary/aromatic N) is 4. The van der Waals surface area contributed by atoms with Crippen LogP contribution in [-0.2, 0) is 19.6 Å². The molecule has 1 fully saturated rings. The van der Waals surface area contributed by atoms with E-state index in [2.05, 4.69) is 41.3 Å². The molecule has 2 N–H and O–H groups in total. The Labute approximate surface area is 175 Å². The van der Waals surface area contributed by atoms with Crippen LogP contribution in [0.15, 0.2) is 24.3 Å². The van der Waals surface area contributed by atoms with E-state index in [4.69, 9.17) is 17.0 Å². The number of quaternary nitrogens is 2. The molecule has 1 aromatic carbocycles. The van der Waals surface area contributed by atoms with E-state index >= 15 is 0 Å². The quantitative estimate of drug-likeness (QED) is 0.581. The van der Waals surface area contributed by atoms with Crippen molar-refractivity contribution < 1.29 is 14.5 Å². The van der Waals surface area contributed by atoms with E-state index in [-0.39, 0.29) is 0 Å². The number of benzene rings is 1. The number of hydrogen-bond acceptors (Lipinski definition) is 4. The minimum Gasteiger partial charge on any atom is -0.493 e. The van der Waals surface area contributed by atoms with Crippen LogP contribution in [0.3, 0.4) is 0 Å². The average molecular weight is 413 g/mol. The molecule has 4 heterocycles. The summed E-state index contributed by atoms with van der Waals surface area (Å²) in [7, 11) is 0. The van der Waals surface area contributed by atoms with Gasteiger partial charge in [0, 0.05) is 23.4 Å². The highest BCUT2D eigenvalue weighted by atomic mass is 32.1. The summed E-state index contributed by atoms with van der Waals surface area (Å²) in [5.74, 6) is 1.78. The SMILES string of the molecule is Cc1cc(C)n2c(=S)n(C[NH+]3CC[NH+](Cc4ccc5c(c4)CCO5)CC3)nc2n1. The number of aromatic nitrogens is 4. The number of ether oxygens (including phenoxy) is 1. The summed E-state index contributed by atoms with van der Waals surface area (Å²) in [5.41, 5.74) is 4.86. The van der Waals surface area contributed by atoms with Crippen molar-refractivity contribution in [3.05, 3.63) is 51.6 Å². The van der Waals surface area contributed by atoms with E-state index in [9.17, 15) is 0 Å². The Morgan fingerprint density at radius 1 is 1.10 bits per heavy atom. The molecule has 152 valence electrons. The van der Waals surface area contributed by atoms with Crippen LogP contribution in [0, 0.1) is 18.6 Å². The van der Waals surface area contributed by atoms with Crippen molar-refractivity contribution in [2.24, 2.45) is 0 Å². The van der Waals surface area contributed by atoms with Gasteiger partial charge in [0.05, 0.1) is 6.61 Å². The average Bonchev–Trinajstić information content (AvgIpc) is 3.27. The van der Waals surface area contributed by atoms with Gasteiger partial charge in [-0.25, -0.2) is 4.98 Å². The normalized spacial score (nSPS) is 21.3. The number of rotatable bonds is 4. The smallest absolute Gasteiger partial charge is 0.254 e. The van der Waals surface area contributed by atoms with Crippen LogP contribution in [0.4, 0.5) is 0 Å². The molecule has 0 aliphatic carbocycles. The van der Waals surface area contributed by atoms with Crippen LogP contribution in [0.25, 0.3) is 5.78 Å². The number of fused-ring (bicyclic) bond motifs is 2. The monoisotopic (exact) mass is 412 g/mol. The van der Waals surface area contributed by atoms with Crippen molar-refractivity contribution in [3.8, 4) is 5.75 Å². The predicted molar refractivity (Wildman–Crippen MR) is 112 cm³/mol. The first-order valence-corrected chi connectivity index (χ1v) is 10.8. The minimum atomic E-state index is 0.705. The predicted octanol–water partition coefficient (Wildman–Crippen LogP) is -0.247. The zero-order valence-corrected chi connectivity index (χ0v) is 17.9. The third-order valence-electron chi connectivity index (χ3n) is 6.11. The molecule has 0 saturated carbocycles. The van der Waals surface area contributed by atoms with Gasteiger partial charge in [0.15, 0.2) is 6.67 Å². The second-order valence-corrected chi connectivity index (χ2v) is 8.70. The molecule has 8 heteroatoms. The lowest BCUT2D eigenvalue weighted by atomic mass is 10.1. The molecule has 5 rings (SSSR count). The molecule has 1 saturated heterocycles. The summed E-state index contributed by atoms with van der Waals surface area (Å²) in [6.07, 6.45) is 1.05. The third-order valence-corrected chi connectivity index (χ3v) is 6.51. The molecule has 0 spiro atoms. The maximum Gasteiger partial charge on any atom is 0.254 e. The van der Waals surface area contributed by atoms with Gasteiger partial charge in [-0.3, -0.25) is 4.40 Å². The lowest BCUT2D eigenvalue weighted by Crippen LogP contribution is -3.27. The van der Waals surface area contributed by atoms with Crippen molar-refractivity contribution in [2.75, 3.05) is 32.8 Å². The van der Waals surface area contributed by atoms with Gasteiger partial charge in [0.25, 0.3) is 5.78 Å². The molecule has 2 aromatic heterocycles. The van der Waals surface area contributed by atoms with E-state index in [0.717, 1.165) is 61.2 Å². The fourth-order valence-corrected chi connectivity index (χ4v) is 4.91. The maximum absolute atomic E-state index is 5.67. The highest BCUT2D eigenvalue weighted by Gasteiger charge is 2.25. The molecule has 2 aliphatic heterocycles. The Balaban J connectivity index is 1.22. The highest BCUT2D eigenvalue weighted by Crippen LogP contribution is 2.25. The number of hydrogen-bond donors (Lipinski definition) is 2. The van der Waals surface area contributed by atoms with E-state index in [1.54, 1.807) is 4.90 Å². The van der Waals surface area contributed by atoms with Gasteiger partial charge in [0.2, 0.25) is 4.77 Å². The zero-order chi connectivity index (χ0) is 20.0. The lowest BCUT2D eigenvalue weighted by Gasteiger charge is -2.29. The fourth-order valence-electron chi connectivity index (χ4n) is 4.58. The number of aryl methyl sites for hydroxylation is 2. The standard InChI is InChI=1S/C21H26N6OS/c1-15-11-16(2)27-20(22-15)23-26(21(27)29)14-25-8-6-24(7-9-25)13-17-3-4-19-18(12-17)5-10-28-19/h3-4,11-12H,5-10,13-14H2,1-2H3/p+2. The second-order valence-electron chi connectivity index (χ2n) is 8.33. The Morgan fingerprint density at radius 2 is 1.90 bits per heavy atom. The Kier molecular flexibility index (Phi) is 4.85. The molecule has 7 nitrogen and oxygen atoms in total.